The summed E-state index contributed by atoms with van der Waals surface area (Å²) in [5, 5.41) is 10.8. The van der Waals surface area contributed by atoms with Gasteiger partial charge in [0.15, 0.2) is 0 Å². The fourth-order valence-electron chi connectivity index (χ4n) is 2.84. The molecule has 0 saturated carbocycles. The first kappa shape index (κ1) is 17.4. The fraction of sp³-hybridized carbons (Fsp3) is 0.316. The van der Waals surface area contributed by atoms with Crippen molar-refractivity contribution in [3.05, 3.63) is 52.1 Å². The minimum Gasteiger partial charge on any atom is -0.352 e. The van der Waals surface area contributed by atoms with Gasteiger partial charge in [-0.05, 0) is 30.4 Å². The molecule has 1 aromatic carbocycles. The summed E-state index contributed by atoms with van der Waals surface area (Å²) in [7, 11) is 0. The van der Waals surface area contributed by atoms with Crippen LogP contribution in [0.25, 0.3) is 21.3 Å². The van der Waals surface area contributed by atoms with E-state index < -0.39 is 0 Å². The number of fused-ring (bicyclic) bond motifs is 1. The van der Waals surface area contributed by atoms with Crippen molar-refractivity contribution in [2.75, 3.05) is 0 Å². The van der Waals surface area contributed by atoms with Gasteiger partial charge in [0, 0.05) is 11.4 Å². The Morgan fingerprint density at radius 1 is 1.16 bits per heavy atom. The number of nitrogens with zero attached hydrogens (tertiary/aromatic N) is 2. The zero-order valence-corrected chi connectivity index (χ0v) is 15.2. The van der Waals surface area contributed by atoms with Crippen LogP contribution in [0.1, 0.15) is 26.7 Å². The Balaban J connectivity index is 2.03. The molecule has 0 saturated heterocycles. The van der Waals surface area contributed by atoms with Crippen LogP contribution in [0.5, 0.6) is 0 Å². The number of carbonyl (C=O) groups is 1. The fourth-order valence-corrected chi connectivity index (χ4v) is 3.56. The Morgan fingerprint density at radius 3 is 2.52 bits per heavy atom. The van der Waals surface area contributed by atoms with E-state index >= 15 is 0 Å². The molecule has 1 N–H and O–H groups in total. The summed E-state index contributed by atoms with van der Waals surface area (Å²) in [6.07, 6.45) is 1.73. The maximum Gasteiger partial charge on any atom is 0.275 e. The smallest absolute Gasteiger partial charge is 0.275 e. The quantitative estimate of drug-likeness (QED) is 0.737. The molecule has 5 nitrogen and oxygen atoms in total. The third kappa shape index (κ3) is 3.64. The van der Waals surface area contributed by atoms with E-state index in [1.165, 1.54) is 4.68 Å². The molecule has 6 heteroatoms. The van der Waals surface area contributed by atoms with Gasteiger partial charge >= 0.3 is 0 Å². The Hall–Kier alpha value is -2.47. The maximum absolute atomic E-state index is 12.7. The Labute approximate surface area is 150 Å². The highest BCUT2D eigenvalue weighted by Crippen LogP contribution is 2.28. The number of nitrogens with one attached hydrogen (secondary N) is 1. The van der Waals surface area contributed by atoms with Gasteiger partial charge in [-0.25, -0.2) is 4.68 Å². The number of carbonyl (C=O) groups excluding carboxylic acids is 1. The van der Waals surface area contributed by atoms with Gasteiger partial charge in [0.2, 0.25) is 5.91 Å². The van der Waals surface area contributed by atoms with E-state index in [0.717, 1.165) is 28.8 Å². The molecule has 3 rings (SSSR count). The van der Waals surface area contributed by atoms with E-state index in [1.54, 1.807) is 17.4 Å². The Morgan fingerprint density at radius 2 is 1.88 bits per heavy atom. The van der Waals surface area contributed by atoms with Gasteiger partial charge < -0.3 is 5.32 Å². The van der Waals surface area contributed by atoms with Crippen molar-refractivity contribution in [2.24, 2.45) is 0 Å². The second-order valence-electron chi connectivity index (χ2n) is 5.92. The lowest BCUT2D eigenvalue weighted by Crippen LogP contribution is -2.39. The molecule has 3 aromatic rings. The topological polar surface area (TPSA) is 64.0 Å². The molecule has 0 unspecified atom stereocenters. The Bertz CT molecular complexity index is 927. The third-order valence-corrected chi connectivity index (χ3v) is 5.14. The SMILES string of the molecule is CCC(CC)NC(=O)Cn1nc(-c2cccs2)c2ccccc2c1=O. The van der Waals surface area contributed by atoms with E-state index in [9.17, 15) is 9.59 Å². The van der Waals surface area contributed by atoms with Gasteiger partial charge in [-0.3, -0.25) is 9.59 Å². The van der Waals surface area contributed by atoms with Crippen LogP contribution in [0, 0.1) is 0 Å². The van der Waals surface area contributed by atoms with E-state index in [1.807, 2.05) is 49.6 Å². The molecule has 0 fully saturated rings. The monoisotopic (exact) mass is 355 g/mol. The van der Waals surface area contributed by atoms with Gasteiger partial charge in [-0.2, -0.15) is 5.10 Å². The first-order chi connectivity index (χ1) is 12.1. The van der Waals surface area contributed by atoms with Crippen LogP contribution in [0.2, 0.25) is 0 Å². The van der Waals surface area contributed by atoms with Crippen LogP contribution in [0.4, 0.5) is 0 Å². The van der Waals surface area contributed by atoms with E-state index in [0.29, 0.717) is 5.39 Å². The minimum absolute atomic E-state index is 0.0709. The highest BCUT2D eigenvalue weighted by molar-refractivity contribution is 7.13. The van der Waals surface area contributed by atoms with Gasteiger partial charge in [0.1, 0.15) is 12.2 Å². The summed E-state index contributed by atoms with van der Waals surface area (Å²) < 4.78 is 1.27. The standard InChI is InChI=1S/C19H21N3O2S/c1-3-13(4-2)20-17(23)12-22-19(24)15-9-6-5-8-14(15)18(21-22)16-10-7-11-25-16/h5-11,13H,3-4,12H2,1-2H3,(H,20,23). The first-order valence-electron chi connectivity index (χ1n) is 8.47. The van der Waals surface area contributed by atoms with Crippen LogP contribution in [0.3, 0.4) is 0 Å². The van der Waals surface area contributed by atoms with Crippen LogP contribution in [-0.4, -0.2) is 21.7 Å². The van der Waals surface area contributed by atoms with Gasteiger partial charge in [-0.1, -0.05) is 38.1 Å². The van der Waals surface area contributed by atoms with Gasteiger partial charge in [0.25, 0.3) is 5.56 Å². The largest absolute Gasteiger partial charge is 0.352 e. The number of amides is 1. The lowest BCUT2D eigenvalue weighted by molar-refractivity contribution is -0.122. The summed E-state index contributed by atoms with van der Waals surface area (Å²) in [5.74, 6) is -0.185. The van der Waals surface area contributed by atoms with Crippen LogP contribution < -0.4 is 10.9 Å². The Kier molecular flexibility index (Phi) is 5.28. The van der Waals surface area contributed by atoms with E-state index in [4.69, 9.17) is 0 Å². The molecule has 130 valence electrons. The molecule has 2 heterocycles. The highest BCUT2D eigenvalue weighted by Gasteiger charge is 2.15. The second-order valence-corrected chi connectivity index (χ2v) is 6.86. The minimum atomic E-state index is -0.240. The lowest BCUT2D eigenvalue weighted by Gasteiger charge is -2.15. The summed E-state index contributed by atoms with van der Waals surface area (Å²) >= 11 is 1.56. The predicted octanol–water partition coefficient (Wildman–Crippen LogP) is 3.43. The number of hydrogen-bond donors (Lipinski definition) is 1. The number of thiophene rings is 1. The molecule has 0 spiro atoms. The molecule has 0 aliphatic rings. The average Bonchev–Trinajstić information content (AvgIpc) is 3.16. The molecule has 0 bridgehead atoms. The molecule has 0 aliphatic heterocycles. The molecular weight excluding hydrogens is 334 g/mol. The molecule has 0 aliphatic carbocycles. The van der Waals surface area contributed by atoms with Gasteiger partial charge in [-0.15, -0.1) is 11.3 Å². The highest BCUT2D eigenvalue weighted by atomic mass is 32.1. The van der Waals surface area contributed by atoms with Crippen LogP contribution in [-0.2, 0) is 11.3 Å². The van der Waals surface area contributed by atoms with Crippen LogP contribution >= 0.6 is 11.3 Å². The third-order valence-electron chi connectivity index (χ3n) is 4.27. The average molecular weight is 355 g/mol. The van der Waals surface area contributed by atoms with Crippen molar-refractivity contribution in [2.45, 2.75) is 39.3 Å². The molecular formula is C19H21N3O2S. The van der Waals surface area contributed by atoms with Crippen molar-refractivity contribution < 1.29 is 4.79 Å². The zero-order chi connectivity index (χ0) is 17.8. The van der Waals surface area contributed by atoms with Crippen molar-refractivity contribution in [3.63, 3.8) is 0 Å². The molecule has 25 heavy (non-hydrogen) atoms. The summed E-state index contributed by atoms with van der Waals surface area (Å²) in [5.41, 5.74) is 0.496. The predicted molar refractivity (Wildman–Crippen MR) is 102 cm³/mol. The summed E-state index contributed by atoms with van der Waals surface area (Å²) in [6, 6.07) is 11.4. The first-order valence-corrected chi connectivity index (χ1v) is 9.35. The number of rotatable bonds is 6. The number of aromatic nitrogens is 2. The normalized spacial score (nSPS) is 11.2. The molecule has 0 atom stereocenters. The number of hydrogen-bond acceptors (Lipinski definition) is 4. The zero-order valence-electron chi connectivity index (χ0n) is 14.4. The van der Waals surface area contributed by atoms with Crippen molar-refractivity contribution in [1.82, 2.24) is 15.1 Å². The van der Waals surface area contributed by atoms with Crippen molar-refractivity contribution in [3.8, 4) is 10.6 Å². The lowest BCUT2D eigenvalue weighted by atomic mass is 10.1. The van der Waals surface area contributed by atoms with Crippen molar-refractivity contribution >= 4 is 28.0 Å². The molecule has 2 aromatic heterocycles. The number of benzene rings is 1. The van der Waals surface area contributed by atoms with Crippen LogP contribution in [0.15, 0.2) is 46.6 Å². The van der Waals surface area contributed by atoms with Gasteiger partial charge in [0.05, 0.1) is 10.3 Å². The van der Waals surface area contributed by atoms with Crippen molar-refractivity contribution in [1.29, 1.82) is 0 Å². The summed E-state index contributed by atoms with van der Waals surface area (Å²) in [4.78, 5) is 26.0. The molecule has 0 radical (unpaired) electrons. The summed E-state index contributed by atoms with van der Waals surface area (Å²) in [6.45, 7) is 3.99. The maximum atomic E-state index is 12.7. The van der Waals surface area contributed by atoms with E-state index in [2.05, 4.69) is 10.4 Å². The van der Waals surface area contributed by atoms with E-state index in [-0.39, 0.29) is 24.1 Å². The second kappa shape index (κ2) is 7.61. The molecule has 1 amide bonds.